The molecule has 0 saturated heterocycles. The van der Waals surface area contributed by atoms with Gasteiger partial charge in [0.25, 0.3) is 0 Å². The number of carbonyl (C=O) groups excluding carboxylic acids is 1. The van der Waals surface area contributed by atoms with Crippen LogP contribution in [0.4, 0.5) is 0 Å². The summed E-state index contributed by atoms with van der Waals surface area (Å²) >= 11 is 0. The molecule has 0 aliphatic heterocycles. The molecule has 0 atom stereocenters. The van der Waals surface area contributed by atoms with E-state index in [1.165, 1.54) is 0 Å². The Morgan fingerprint density at radius 3 is 2.75 bits per heavy atom. The zero-order valence-corrected chi connectivity index (χ0v) is 13.9. The van der Waals surface area contributed by atoms with Crippen molar-refractivity contribution in [1.29, 1.82) is 0 Å². The second-order valence-corrected chi connectivity index (χ2v) is 2.15. The monoisotopic (exact) mass is 554 g/mol. The van der Waals surface area contributed by atoms with Gasteiger partial charge in [-0.15, -0.1) is 6.42 Å². The smallest absolute Gasteiger partial charge is 0 e. The Hall–Kier alpha value is 0.630. The van der Waals surface area contributed by atoms with Crippen LogP contribution >= 0.6 is 0 Å². The predicted molar refractivity (Wildman–Crippen MR) is 39.4 cm³/mol. The van der Waals surface area contributed by atoms with Gasteiger partial charge in [-0.1, -0.05) is 6.92 Å². The standard InChI is InChI=1S/C9H8O.U.W/c1-8-4-2-3-5-9(8)6-7-10;;/h2-4H,6H2,1H3;;/q-2;;. The molecule has 0 unspecified atom stereocenters. The average molecular weight is 554 g/mol. The zero-order chi connectivity index (χ0) is 7.40. The topological polar surface area (TPSA) is 17.1 Å². The normalized spacial score (nSPS) is 7.75. The Labute approximate surface area is 111 Å². The minimum Gasteiger partial charge on any atom is -0.542 e. The van der Waals surface area contributed by atoms with E-state index in [2.05, 4.69) is 6.07 Å². The molecular formula is C9H8OUW-2. The summed E-state index contributed by atoms with van der Waals surface area (Å²) in [5, 5.41) is 0. The molecule has 0 amide bonds. The molecule has 1 aromatic carbocycles. The molecule has 3 heteroatoms. The molecule has 0 fully saturated rings. The molecule has 62 valence electrons. The van der Waals surface area contributed by atoms with Gasteiger partial charge in [0.15, 0.2) is 0 Å². The van der Waals surface area contributed by atoms with Crippen LogP contribution in [0.3, 0.4) is 0 Å². The summed E-state index contributed by atoms with van der Waals surface area (Å²) in [6, 6.07) is 8.65. The summed E-state index contributed by atoms with van der Waals surface area (Å²) in [4.78, 5) is 9.98. The van der Waals surface area contributed by atoms with Crippen LogP contribution in [0.25, 0.3) is 0 Å². The minimum absolute atomic E-state index is 0. The number of rotatable bonds is 2. The summed E-state index contributed by atoms with van der Waals surface area (Å²) in [6.45, 7) is 1.96. The quantitative estimate of drug-likeness (QED) is 0.507. The second-order valence-electron chi connectivity index (χ2n) is 2.15. The first-order valence-electron chi connectivity index (χ1n) is 3.16. The van der Waals surface area contributed by atoms with Gasteiger partial charge in [-0.05, 0) is 0 Å². The van der Waals surface area contributed by atoms with E-state index in [1.54, 1.807) is 6.07 Å². The van der Waals surface area contributed by atoms with Gasteiger partial charge < -0.3 is 4.79 Å². The fraction of sp³-hybridized carbons (Fsp3) is 0.222. The molecular weight excluding hydrogens is 546 g/mol. The van der Waals surface area contributed by atoms with Crippen molar-refractivity contribution in [3.8, 4) is 0 Å². The third-order valence-electron chi connectivity index (χ3n) is 1.42. The molecule has 0 aliphatic rings. The molecule has 0 bridgehead atoms. The van der Waals surface area contributed by atoms with Crippen LogP contribution in [-0.2, 0) is 32.3 Å². The molecule has 1 rings (SSSR count). The van der Waals surface area contributed by atoms with Crippen molar-refractivity contribution in [3.63, 3.8) is 0 Å². The summed E-state index contributed by atoms with van der Waals surface area (Å²) in [7, 11) is 0. The van der Waals surface area contributed by atoms with Crippen molar-refractivity contribution in [3.05, 3.63) is 35.4 Å². The Kier molecular flexibility index (Phi) is 10.4. The van der Waals surface area contributed by atoms with Crippen molar-refractivity contribution >= 4 is 6.29 Å². The summed E-state index contributed by atoms with van der Waals surface area (Å²) in [5.41, 5.74) is 2.04. The Bertz CT molecular complexity index is 238. The first-order chi connectivity index (χ1) is 4.84. The van der Waals surface area contributed by atoms with Gasteiger partial charge in [0.1, 0.15) is 0 Å². The number of hydrogen-bond acceptors (Lipinski definition) is 1. The van der Waals surface area contributed by atoms with E-state index in [1.807, 2.05) is 25.3 Å². The SMILES string of the molecule is Cc1ccc[c-]c1C[C-]=O.[U].[W]. The molecule has 1 aromatic rings. The van der Waals surface area contributed by atoms with Gasteiger partial charge >= 0.3 is 0 Å². The van der Waals surface area contributed by atoms with Crippen LogP contribution in [0.2, 0.25) is 0 Å². The number of aryl methyl sites for hydroxylation is 1. The average Bonchev–Trinajstić information content (AvgIpc) is 1.94. The molecule has 1 nitrogen and oxygen atoms in total. The predicted octanol–water partition coefficient (Wildman–Crippen LogP) is 1.44. The molecule has 0 N–H and O–H groups in total. The first-order valence-corrected chi connectivity index (χ1v) is 3.16. The van der Waals surface area contributed by atoms with E-state index in [0.717, 1.165) is 11.1 Å². The molecule has 0 saturated carbocycles. The number of hydrogen-bond donors (Lipinski definition) is 0. The van der Waals surface area contributed by atoms with E-state index in [-0.39, 0.29) is 52.2 Å². The van der Waals surface area contributed by atoms with Crippen molar-refractivity contribution in [2.75, 3.05) is 0 Å². The zero-order valence-electron chi connectivity index (χ0n) is 6.76. The van der Waals surface area contributed by atoms with Crippen LogP contribution in [0.5, 0.6) is 0 Å². The Balaban J connectivity index is 0. The molecule has 0 aliphatic carbocycles. The fourth-order valence-corrected chi connectivity index (χ4v) is 0.818. The Morgan fingerprint density at radius 1 is 1.58 bits per heavy atom. The van der Waals surface area contributed by atoms with Gasteiger partial charge in [0, 0.05) is 52.2 Å². The minimum atomic E-state index is 0. The molecule has 12 heavy (non-hydrogen) atoms. The van der Waals surface area contributed by atoms with Gasteiger partial charge in [0.2, 0.25) is 0 Å². The van der Waals surface area contributed by atoms with Crippen molar-refractivity contribution in [2.45, 2.75) is 13.3 Å². The maximum Gasteiger partial charge on any atom is 0 e. The summed E-state index contributed by atoms with van der Waals surface area (Å²) in [5.74, 6) is 0. The second kappa shape index (κ2) is 8.24. The van der Waals surface area contributed by atoms with Gasteiger partial charge in [-0.2, -0.15) is 35.4 Å². The van der Waals surface area contributed by atoms with E-state index in [9.17, 15) is 4.79 Å². The third-order valence-corrected chi connectivity index (χ3v) is 1.42. The maximum absolute atomic E-state index is 9.98. The van der Waals surface area contributed by atoms with E-state index < -0.39 is 0 Å². The van der Waals surface area contributed by atoms with Crippen LogP contribution in [0.1, 0.15) is 11.1 Å². The van der Waals surface area contributed by atoms with Crippen molar-refractivity contribution < 1.29 is 57.0 Å². The maximum atomic E-state index is 9.98. The van der Waals surface area contributed by atoms with Gasteiger partial charge in [-0.3, -0.25) is 6.29 Å². The molecule has 0 heterocycles. The van der Waals surface area contributed by atoms with Crippen LogP contribution in [-0.4, -0.2) is 6.29 Å². The Morgan fingerprint density at radius 2 is 2.25 bits per heavy atom. The largest absolute Gasteiger partial charge is 0.542 e. The van der Waals surface area contributed by atoms with E-state index in [4.69, 9.17) is 0 Å². The van der Waals surface area contributed by atoms with Crippen LogP contribution < -0.4 is 0 Å². The molecule has 0 aromatic heterocycles. The number of benzene rings is 1. The molecule has 0 radical (unpaired) electrons. The van der Waals surface area contributed by atoms with E-state index >= 15 is 0 Å². The third kappa shape index (κ3) is 4.61. The van der Waals surface area contributed by atoms with Crippen LogP contribution in [0.15, 0.2) is 18.2 Å². The van der Waals surface area contributed by atoms with Crippen molar-refractivity contribution in [1.82, 2.24) is 0 Å². The fourth-order valence-electron chi connectivity index (χ4n) is 0.818. The van der Waals surface area contributed by atoms with Gasteiger partial charge in [0.05, 0.1) is 0 Å². The molecule has 0 spiro atoms. The van der Waals surface area contributed by atoms with E-state index in [0.29, 0.717) is 6.42 Å². The van der Waals surface area contributed by atoms with Crippen molar-refractivity contribution in [2.24, 2.45) is 0 Å². The van der Waals surface area contributed by atoms with Crippen LogP contribution in [0, 0.1) is 44.1 Å². The van der Waals surface area contributed by atoms with Gasteiger partial charge in [-0.25, -0.2) is 0 Å². The summed E-state index contributed by atoms with van der Waals surface area (Å²) < 4.78 is 0. The first kappa shape index (κ1) is 15.1. The summed E-state index contributed by atoms with van der Waals surface area (Å²) in [6.07, 6.45) is 2.20.